The molecule has 3 rings (SSSR count). The van der Waals surface area contributed by atoms with E-state index in [0.717, 1.165) is 43.0 Å². The molecule has 1 saturated heterocycles. The van der Waals surface area contributed by atoms with E-state index in [1.54, 1.807) is 0 Å². The standard InChI is InChI=1S/C22H34N4O2/c1-21(2,3)16-13-17(25-20(24-16)22(4,5)6)23-14-7-9-15(10-8-14)26-18(27)11-12-19(26)28/h13-15H,7-12H2,1-6H3,(H,23,24,25). The smallest absolute Gasteiger partial charge is 0.229 e. The third-order valence-corrected chi connectivity index (χ3v) is 5.67. The molecule has 1 aliphatic heterocycles. The summed E-state index contributed by atoms with van der Waals surface area (Å²) in [6.07, 6.45) is 4.34. The summed E-state index contributed by atoms with van der Waals surface area (Å²) in [6.45, 7) is 12.9. The topological polar surface area (TPSA) is 75.2 Å². The van der Waals surface area contributed by atoms with Crippen LogP contribution in [0.3, 0.4) is 0 Å². The van der Waals surface area contributed by atoms with Crippen molar-refractivity contribution in [3.05, 3.63) is 17.6 Å². The molecule has 154 valence electrons. The van der Waals surface area contributed by atoms with Crippen LogP contribution in [0.1, 0.15) is 91.6 Å². The Morgan fingerprint density at radius 3 is 1.96 bits per heavy atom. The monoisotopic (exact) mass is 386 g/mol. The number of carbonyl (C=O) groups is 2. The van der Waals surface area contributed by atoms with Gasteiger partial charge in [0.15, 0.2) is 0 Å². The fraction of sp³-hybridized carbons (Fsp3) is 0.727. The molecule has 0 radical (unpaired) electrons. The fourth-order valence-corrected chi connectivity index (χ4v) is 3.93. The van der Waals surface area contributed by atoms with Crippen molar-refractivity contribution in [3.63, 3.8) is 0 Å². The zero-order chi connectivity index (χ0) is 20.7. The maximum Gasteiger partial charge on any atom is 0.229 e. The van der Waals surface area contributed by atoms with E-state index in [2.05, 4.69) is 52.9 Å². The summed E-state index contributed by atoms with van der Waals surface area (Å²) in [5.41, 5.74) is 0.871. The largest absolute Gasteiger partial charge is 0.367 e. The molecular formula is C22H34N4O2. The van der Waals surface area contributed by atoms with Crippen LogP contribution in [0.4, 0.5) is 5.82 Å². The van der Waals surface area contributed by atoms with Crippen molar-refractivity contribution in [1.29, 1.82) is 0 Å². The lowest BCUT2D eigenvalue weighted by molar-refractivity contribution is -0.141. The molecule has 6 heteroatoms. The number of anilines is 1. The van der Waals surface area contributed by atoms with Crippen molar-refractivity contribution in [3.8, 4) is 0 Å². The molecule has 2 aliphatic rings. The molecule has 0 unspecified atom stereocenters. The molecule has 6 nitrogen and oxygen atoms in total. The average Bonchev–Trinajstić information content (AvgIpc) is 2.92. The molecule has 2 amide bonds. The number of likely N-dealkylation sites (tertiary alicyclic amines) is 1. The van der Waals surface area contributed by atoms with E-state index in [0.29, 0.717) is 18.9 Å². The van der Waals surface area contributed by atoms with Gasteiger partial charge in [0.25, 0.3) is 0 Å². The zero-order valence-corrected chi connectivity index (χ0v) is 18.1. The van der Waals surface area contributed by atoms with Crippen molar-refractivity contribution in [2.45, 2.75) is 103 Å². The Morgan fingerprint density at radius 1 is 0.893 bits per heavy atom. The first-order valence-corrected chi connectivity index (χ1v) is 10.5. The molecule has 1 aromatic rings. The van der Waals surface area contributed by atoms with Crippen molar-refractivity contribution < 1.29 is 9.59 Å². The van der Waals surface area contributed by atoms with Crippen LogP contribution in [-0.2, 0) is 20.4 Å². The van der Waals surface area contributed by atoms with Crippen LogP contribution in [0.5, 0.6) is 0 Å². The minimum absolute atomic E-state index is 0.00171. The Labute approximate surface area is 168 Å². The third kappa shape index (κ3) is 4.53. The van der Waals surface area contributed by atoms with Crippen LogP contribution in [0.2, 0.25) is 0 Å². The Bertz CT molecular complexity index is 705. The highest BCUT2D eigenvalue weighted by atomic mass is 16.2. The minimum Gasteiger partial charge on any atom is -0.367 e. The molecule has 0 bridgehead atoms. The van der Waals surface area contributed by atoms with Crippen molar-refractivity contribution in [2.75, 3.05) is 5.32 Å². The van der Waals surface area contributed by atoms with Gasteiger partial charge in [-0.15, -0.1) is 0 Å². The zero-order valence-electron chi connectivity index (χ0n) is 18.1. The number of nitrogens with zero attached hydrogens (tertiary/aromatic N) is 3. The highest BCUT2D eigenvalue weighted by Gasteiger charge is 2.37. The molecule has 2 heterocycles. The van der Waals surface area contributed by atoms with Crippen molar-refractivity contribution >= 4 is 17.6 Å². The second-order valence-electron chi connectivity index (χ2n) is 10.3. The number of nitrogens with one attached hydrogen (secondary N) is 1. The summed E-state index contributed by atoms with van der Waals surface area (Å²) >= 11 is 0. The van der Waals surface area contributed by atoms with Gasteiger partial charge in [-0.3, -0.25) is 14.5 Å². The quantitative estimate of drug-likeness (QED) is 0.796. The Balaban J connectivity index is 1.71. The highest BCUT2D eigenvalue weighted by Crippen LogP contribution is 2.31. The van der Waals surface area contributed by atoms with Gasteiger partial charge in [-0.1, -0.05) is 41.5 Å². The lowest BCUT2D eigenvalue weighted by Crippen LogP contribution is -2.43. The first kappa shape index (κ1) is 20.7. The summed E-state index contributed by atoms with van der Waals surface area (Å²) in [4.78, 5) is 35.1. The van der Waals surface area contributed by atoms with Gasteiger partial charge in [-0.25, -0.2) is 9.97 Å². The molecule has 2 fully saturated rings. The number of carbonyl (C=O) groups excluding carboxylic acids is 2. The van der Waals surface area contributed by atoms with Gasteiger partial charge in [0.05, 0.1) is 5.69 Å². The van der Waals surface area contributed by atoms with Crippen LogP contribution in [0, 0.1) is 0 Å². The number of rotatable bonds is 3. The van der Waals surface area contributed by atoms with E-state index in [4.69, 9.17) is 9.97 Å². The van der Waals surface area contributed by atoms with Gasteiger partial charge < -0.3 is 5.32 Å². The van der Waals surface area contributed by atoms with Crippen LogP contribution in [0.25, 0.3) is 0 Å². The van der Waals surface area contributed by atoms with Crippen LogP contribution < -0.4 is 5.32 Å². The summed E-state index contributed by atoms with van der Waals surface area (Å²) in [7, 11) is 0. The Hall–Kier alpha value is -1.98. The summed E-state index contributed by atoms with van der Waals surface area (Å²) in [5, 5.41) is 3.60. The average molecular weight is 387 g/mol. The second-order valence-corrected chi connectivity index (χ2v) is 10.3. The Kier molecular flexibility index (Phi) is 5.52. The van der Waals surface area contributed by atoms with E-state index in [9.17, 15) is 9.59 Å². The number of imide groups is 1. The number of amides is 2. The van der Waals surface area contributed by atoms with Gasteiger partial charge in [-0.05, 0) is 25.7 Å². The molecule has 0 aromatic carbocycles. The highest BCUT2D eigenvalue weighted by molar-refractivity contribution is 6.02. The SMILES string of the molecule is CC(C)(C)c1cc(NC2CCC(N3C(=O)CCC3=O)CC2)nc(C(C)(C)C)n1. The van der Waals surface area contributed by atoms with Crippen molar-refractivity contribution in [1.82, 2.24) is 14.9 Å². The normalized spacial score (nSPS) is 24.0. The summed E-state index contributed by atoms with van der Waals surface area (Å²) in [5.74, 6) is 1.73. The van der Waals surface area contributed by atoms with Crippen LogP contribution >= 0.6 is 0 Å². The number of hydrogen-bond donors (Lipinski definition) is 1. The van der Waals surface area contributed by atoms with Gasteiger partial charge >= 0.3 is 0 Å². The van der Waals surface area contributed by atoms with E-state index < -0.39 is 0 Å². The van der Waals surface area contributed by atoms with Crippen LogP contribution in [-0.4, -0.2) is 38.8 Å². The lowest BCUT2D eigenvalue weighted by atomic mass is 9.89. The maximum atomic E-state index is 12.0. The third-order valence-electron chi connectivity index (χ3n) is 5.67. The van der Waals surface area contributed by atoms with E-state index in [1.165, 1.54) is 4.90 Å². The maximum absolute atomic E-state index is 12.0. The molecule has 1 aromatic heterocycles. The molecule has 0 spiro atoms. The van der Waals surface area contributed by atoms with Gasteiger partial charge in [0.1, 0.15) is 11.6 Å². The van der Waals surface area contributed by atoms with Gasteiger partial charge in [0.2, 0.25) is 11.8 Å². The van der Waals surface area contributed by atoms with Gasteiger partial charge in [0, 0.05) is 41.8 Å². The minimum atomic E-state index is -0.119. The molecule has 1 N–H and O–H groups in total. The van der Waals surface area contributed by atoms with E-state index >= 15 is 0 Å². The molecule has 0 atom stereocenters. The summed E-state index contributed by atoms with van der Waals surface area (Å²) < 4.78 is 0. The predicted molar refractivity (Wildman–Crippen MR) is 110 cm³/mol. The Morgan fingerprint density at radius 2 is 1.46 bits per heavy atom. The second kappa shape index (κ2) is 7.45. The molecule has 28 heavy (non-hydrogen) atoms. The fourth-order valence-electron chi connectivity index (χ4n) is 3.93. The molecular weight excluding hydrogens is 352 g/mol. The summed E-state index contributed by atoms with van der Waals surface area (Å²) in [6, 6.07) is 2.44. The van der Waals surface area contributed by atoms with E-state index in [-0.39, 0.29) is 28.7 Å². The van der Waals surface area contributed by atoms with E-state index in [1.807, 2.05) is 0 Å². The number of hydrogen-bond acceptors (Lipinski definition) is 5. The first-order chi connectivity index (χ1) is 12.9. The van der Waals surface area contributed by atoms with Gasteiger partial charge in [-0.2, -0.15) is 0 Å². The predicted octanol–water partition coefficient (Wildman–Crippen LogP) is 3.94. The number of aromatic nitrogens is 2. The van der Waals surface area contributed by atoms with Crippen molar-refractivity contribution in [2.24, 2.45) is 0 Å². The molecule has 1 saturated carbocycles. The van der Waals surface area contributed by atoms with Crippen LogP contribution in [0.15, 0.2) is 6.07 Å². The lowest BCUT2D eigenvalue weighted by Gasteiger charge is -2.34. The first-order valence-electron chi connectivity index (χ1n) is 10.5. The molecule has 1 aliphatic carbocycles.